The molecule has 1 aliphatic rings. The van der Waals surface area contributed by atoms with Gasteiger partial charge in [0.15, 0.2) is 0 Å². The largest absolute Gasteiger partial charge is 0.446 e. The zero-order chi connectivity index (χ0) is 18.0. The highest BCUT2D eigenvalue weighted by molar-refractivity contribution is 8.00. The number of carbonyl (C=O) groups excluding carboxylic acids is 1. The fourth-order valence-electron chi connectivity index (χ4n) is 2.35. The predicted molar refractivity (Wildman–Crippen MR) is 88.2 cm³/mol. The van der Waals surface area contributed by atoms with E-state index < -0.39 is 17.2 Å². The third-order valence-corrected chi connectivity index (χ3v) is 4.14. The molecule has 0 unspecified atom stereocenters. The minimum atomic E-state index is -4.32. The first-order chi connectivity index (χ1) is 11.0. The number of hydrogen-bond acceptors (Lipinski definition) is 4. The van der Waals surface area contributed by atoms with E-state index in [1.54, 1.807) is 39.0 Å². The zero-order valence-electron chi connectivity index (χ0n) is 13.7. The Labute approximate surface area is 143 Å². The number of amides is 1. The summed E-state index contributed by atoms with van der Waals surface area (Å²) in [4.78, 5) is 11.8. The van der Waals surface area contributed by atoms with Gasteiger partial charge in [-0.1, -0.05) is 12.1 Å². The summed E-state index contributed by atoms with van der Waals surface area (Å²) in [7, 11) is 0. The summed E-state index contributed by atoms with van der Waals surface area (Å²) in [6.45, 7) is 5.35. The number of carbonyl (C=O) groups is 1. The first kappa shape index (κ1) is 18.8. The lowest BCUT2D eigenvalue weighted by molar-refractivity contribution is -0.0328. The van der Waals surface area contributed by atoms with Gasteiger partial charge in [0.2, 0.25) is 0 Å². The molecule has 4 nitrogen and oxygen atoms in total. The molecule has 1 amide bonds. The van der Waals surface area contributed by atoms with Crippen molar-refractivity contribution in [3.63, 3.8) is 0 Å². The Morgan fingerprint density at radius 1 is 1.17 bits per heavy atom. The van der Waals surface area contributed by atoms with Crippen LogP contribution in [0.3, 0.4) is 0 Å². The van der Waals surface area contributed by atoms with Crippen LogP contribution in [0.2, 0.25) is 0 Å². The van der Waals surface area contributed by atoms with Gasteiger partial charge in [0.1, 0.15) is 5.60 Å². The maximum Gasteiger partial charge on any atom is 0.446 e. The maximum absolute atomic E-state index is 12.6. The summed E-state index contributed by atoms with van der Waals surface area (Å²) in [5.74, 6) is 0. The van der Waals surface area contributed by atoms with E-state index in [0.717, 1.165) is 0 Å². The van der Waals surface area contributed by atoms with Gasteiger partial charge in [0.05, 0.1) is 0 Å². The SMILES string of the molecule is CC(C)(C)OC(=O)NC1CC(Nc2ccccc2SC(F)(F)F)C1. The van der Waals surface area contributed by atoms with Crippen LogP contribution in [0.15, 0.2) is 29.2 Å². The molecule has 0 saturated heterocycles. The number of halogens is 3. The van der Waals surface area contributed by atoms with Crippen LogP contribution in [0, 0.1) is 0 Å². The number of rotatable bonds is 4. The molecular formula is C16H21F3N2O2S. The van der Waals surface area contributed by atoms with Crippen molar-refractivity contribution < 1.29 is 22.7 Å². The smallest absolute Gasteiger partial charge is 0.444 e. The number of nitrogens with one attached hydrogen (secondary N) is 2. The molecular weight excluding hydrogens is 341 g/mol. The van der Waals surface area contributed by atoms with Crippen LogP contribution in [-0.2, 0) is 4.74 Å². The van der Waals surface area contributed by atoms with Crippen LogP contribution in [0.1, 0.15) is 33.6 Å². The molecule has 0 atom stereocenters. The summed E-state index contributed by atoms with van der Waals surface area (Å²) in [6.07, 6.45) is 0.813. The van der Waals surface area contributed by atoms with Crippen molar-refractivity contribution in [3.8, 4) is 0 Å². The summed E-state index contributed by atoms with van der Waals surface area (Å²) in [5.41, 5.74) is -4.42. The predicted octanol–water partition coefficient (Wildman–Crippen LogP) is 4.77. The van der Waals surface area contributed by atoms with E-state index in [2.05, 4.69) is 10.6 Å². The van der Waals surface area contributed by atoms with Crippen molar-refractivity contribution in [3.05, 3.63) is 24.3 Å². The fourth-order valence-corrected chi connectivity index (χ4v) is 2.98. The monoisotopic (exact) mass is 362 g/mol. The number of thioether (sulfide) groups is 1. The van der Waals surface area contributed by atoms with Crippen LogP contribution in [0.4, 0.5) is 23.7 Å². The van der Waals surface area contributed by atoms with Crippen LogP contribution in [-0.4, -0.2) is 29.3 Å². The Bertz CT molecular complexity index is 581. The number of anilines is 1. The Kier molecular flexibility index (Phi) is 5.57. The number of alkyl halides is 3. The highest BCUT2D eigenvalue weighted by Crippen LogP contribution is 2.41. The van der Waals surface area contributed by atoms with Crippen LogP contribution in [0.25, 0.3) is 0 Å². The lowest BCUT2D eigenvalue weighted by Gasteiger charge is -2.37. The minimum absolute atomic E-state index is 0.0277. The van der Waals surface area contributed by atoms with Gasteiger partial charge < -0.3 is 15.4 Å². The Balaban J connectivity index is 1.83. The van der Waals surface area contributed by atoms with Gasteiger partial charge in [-0.25, -0.2) is 4.79 Å². The molecule has 1 aromatic rings. The maximum atomic E-state index is 12.6. The number of benzene rings is 1. The highest BCUT2D eigenvalue weighted by atomic mass is 32.2. The van der Waals surface area contributed by atoms with Crippen molar-refractivity contribution in [1.82, 2.24) is 5.32 Å². The average Bonchev–Trinajstić information content (AvgIpc) is 2.34. The molecule has 0 aromatic heterocycles. The number of para-hydroxylation sites is 1. The Morgan fingerprint density at radius 3 is 2.38 bits per heavy atom. The van der Waals surface area contributed by atoms with Gasteiger partial charge in [-0.15, -0.1) is 0 Å². The fraction of sp³-hybridized carbons (Fsp3) is 0.562. The van der Waals surface area contributed by atoms with Gasteiger partial charge in [0.25, 0.3) is 0 Å². The van der Waals surface area contributed by atoms with Crippen molar-refractivity contribution in [1.29, 1.82) is 0 Å². The average molecular weight is 362 g/mol. The third-order valence-electron chi connectivity index (χ3n) is 3.33. The summed E-state index contributed by atoms with van der Waals surface area (Å²) >= 11 is -0.131. The van der Waals surface area contributed by atoms with Crippen LogP contribution in [0.5, 0.6) is 0 Å². The van der Waals surface area contributed by atoms with E-state index in [1.807, 2.05) is 0 Å². The van der Waals surface area contributed by atoms with Gasteiger partial charge in [0, 0.05) is 22.7 Å². The van der Waals surface area contributed by atoms with E-state index in [0.29, 0.717) is 18.5 Å². The number of alkyl carbamates (subject to hydrolysis) is 1. The van der Waals surface area contributed by atoms with Crippen molar-refractivity contribution >= 4 is 23.5 Å². The quantitative estimate of drug-likeness (QED) is 0.758. The molecule has 0 aliphatic heterocycles. The van der Waals surface area contributed by atoms with Crippen molar-refractivity contribution in [2.24, 2.45) is 0 Å². The summed E-state index contributed by atoms with van der Waals surface area (Å²) in [5, 5.41) is 5.86. The number of hydrogen-bond donors (Lipinski definition) is 2. The molecule has 0 heterocycles. The molecule has 1 aromatic carbocycles. The van der Waals surface area contributed by atoms with E-state index >= 15 is 0 Å². The van der Waals surface area contributed by atoms with Crippen molar-refractivity contribution in [2.75, 3.05) is 5.32 Å². The van der Waals surface area contributed by atoms with Gasteiger partial charge in [-0.3, -0.25) is 0 Å². The minimum Gasteiger partial charge on any atom is -0.444 e. The Hall–Kier alpha value is -1.57. The molecule has 0 bridgehead atoms. The van der Waals surface area contributed by atoms with E-state index in [9.17, 15) is 18.0 Å². The molecule has 2 rings (SSSR count). The van der Waals surface area contributed by atoms with Gasteiger partial charge in [-0.2, -0.15) is 13.2 Å². The highest BCUT2D eigenvalue weighted by Gasteiger charge is 2.34. The molecule has 134 valence electrons. The number of ether oxygens (including phenoxy) is 1. The van der Waals surface area contributed by atoms with Gasteiger partial charge >= 0.3 is 11.6 Å². The van der Waals surface area contributed by atoms with E-state index in [-0.39, 0.29) is 28.7 Å². The molecule has 1 aliphatic carbocycles. The normalized spacial score (nSPS) is 20.9. The molecule has 24 heavy (non-hydrogen) atoms. The lowest BCUT2D eigenvalue weighted by Crippen LogP contribution is -2.50. The van der Waals surface area contributed by atoms with Crippen molar-refractivity contribution in [2.45, 2.75) is 61.7 Å². The standard InChI is InChI=1S/C16H21F3N2O2S/c1-15(2,3)23-14(22)21-11-8-10(9-11)20-12-6-4-5-7-13(12)24-16(17,18)19/h4-7,10-11,20H,8-9H2,1-3H3,(H,21,22). The third kappa shape index (κ3) is 6.14. The summed E-state index contributed by atoms with van der Waals surface area (Å²) < 4.78 is 42.9. The second-order valence-electron chi connectivity index (χ2n) is 6.70. The molecule has 2 N–H and O–H groups in total. The topological polar surface area (TPSA) is 50.4 Å². The molecule has 1 saturated carbocycles. The molecule has 1 fully saturated rings. The molecule has 8 heteroatoms. The zero-order valence-corrected chi connectivity index (χ0v) is 14.6. The molecule has 0 spiro atoms. The van der Waals surface area contributed by atoms with Crippen LogP contribution >= 0.6 is 11.8 Å². The molecule has 0 radical (unpaired) electrons. The second kappa shape index (κ2) is 7.13. The van der Waals surface area contributed by atoms with E-state index in [4.69, 9.17) is 4.74 Å². The van der Waals surface area contributed by atoms with E-state index in [1.165, 1.54) is 6.07 Å². The first-order valence-corrected chi connectivity index (χ1v) is 8.44. The lowest BCUT2D eigenvalue weighted by atomic mass is 9.86. The van der Waals surface area contributed by atoms with Gasteiger partial charge in [-0.05, 0) is 57.5 Å². The second-order valence-corrected chi connectivity index (χ2v) is 7.81. The summed E-state index contributed by atoms with van der Waals surface area (Å²) in [6, 6.07) is 6.34. The Morgan fingerprint density at radius 2 is 1.79 bits per heavy atom. The first-order valence-electron chi connectivity index (χ1n) is 7.63. The van der Waals surface area contributed by atoms with Crippen LogP contribution < -0.4 is 10.6 Å².